The Morgan fingerprint density at radius 2 is 1.50 bits per heavy atom. The fourth-order valence-corrected chi connectivity index (χ4v) is 4.54. The Bertz CT molecular complexity index is 1250. The Morgan fingerprint density at radius 3 is 2.12 bits per heavy atom. The topological polar surface area (TPSA) is 104 Å². The van der Waals surface area contributed by atoms with E-state index in [4.69, 9.17) is 46.9 Å². The average Bonchev–Trinajstić information content (AvgIpc) is 2.96. The van der Waals surface area contributed by atoms with Gasteiger partial charge in [0, 0.05) is 36.2 Å². The van der Waals surface area contributed by atoms with Gasteiger partial charge in [-0.2, -0.15) is 0 Å². The molecule has 3 rings (SSSR count). The molecule has 0 spiro atoms. The van der Waals surface area contributed by atoms with Gasteiger partial charge >= 0.3 is 12.1 Å². The van der Waals surface area contributed by atoms with Gasteiger partial charge in [0.25, 0.3) is 0 Å². The molecule has 3 aromatic rings. The molecule has 1 amide bonds. The molecule has 0 radical (unpaired) electrons. The monoisotopic (exact) mass is 619 g/mol. The number of benzene rings is 3. The van der Waals surface area contributed by atoms with Crippen LogP contribution >= 0.6 is 23.2 Å². The molecule has 0 bridgehead atoms. The van der Waals surface area contributed by atoms with E-state index < -0.39 is 18.2 Å². The van der Waals surface area contributed by atoms with Crippen molar-refractivity contribution in [2.75, 3.05) is 40.0 Å². The Kier molecular flexibility index (Phi) is 13.7. The number of aliphatic carboxylic acids is 1. The second-order valence-corrected chi connectivity index (χ2v) is 10.1. The number of hydrogen-bond acceptors (Lipinski definition) is 7. The molecule has 1 atom stereocenters. The SMILES string of the molecule is CCOC(Cc1ccc(OCCN(CCCOCc2cc(Cl)cc(Cl)c2)C(=O)Oc2ccc(OC)cc2)cc1)C(=O)O. The lowest BCUT2D eigenvalue weighted by Gasteiger charge is -2.22. The first kappa shape index (κ1) is 33.0. The highest BCUT2D eigenvalue weighted by Gasteiger charge is 2.18. The predicted octanol–water partition coefficient (Wildman–Crippen LogP) is 6.52. The number of carbonyl (C=O) groups is 2. The van der Waals surface area contributed by atoms with Crippen LogP contribution in [0.3, 0.4) is 0 Å². The first-order valence-corrected chi connectivity index (χ1v) is 14.2. The fourth-order valence-electron chi connectivity index (χ4n) is 3.97. The van der Waals surface area contributed by atoms with Crippen molar-refractivity contribution in [3.8, 4) is 17.2 Å². The van der Waals surface area contributed by atoms with Gasteiger partial charge in [0.1, 0.15) is 23.9 Å². The largest absolute Gasteiger partial charge is 0.497 e. The number of carboxylic acid groups (broad SMARTS) is 1. The number of amides is 1. The molecule has 42 heavy (non-hydrogen) atoms. The van der Waals surface area contributed by atoms with Crippen LogP contribution in [0, 0.1) is 0 Å². The minimum atomic E-state index is -1.00. The number of methoxy groups -OCH3 is 1. The zero-order valence-corrected chi connectivity index (χ0v) is 25.1. The lowest BCUT2D eigenvalue weighted by Crippen LogP contribution is -2.38. The van der Waals surface area contributed by atoms with Gasteiger partial charge in [0.05, 0.1) is 20.3 Å². The van der Waals surface area contributed by atoms with Gasteiger partial charge in [-0.1, -0.05) is 35.3 Å². The van der Waals surface area contributed by atoms with E-state index >= 15 is 0 Å². The van der Waals surface area contributed by atoms with Crippen LogP contribution in [0.15, 0.2) is 66.7 Å². The third-order valence-corrected chi connectivity index (χ3v) is 6.48. The molecule has 0 aliphatic heterocycles. The summed E-state index contributed by atoms with van der Waals surface area (Å²) in [5.41, 5.74) is 1.67. The van der Waals surface area contributed by atoms with Crippen molar-refractivity contribution in [2.45, 2.75) is 32.5 Å². The quantitative estimate of drug-likeness (QED) is 0.170. The Balaban J connectivity index is 1.53. The Labute approximate surface area is 255 Å². The van der Waals surface area contributed by atoms with Crippen molar-refractivity contribution in [1.29, 1.82) is 0 Å². The molecule has 0 saturated carbocycles. The summed E-state index contributed by atoms with van der Waals surface area (Å²) in [6.07, 6.45) is -0.609. The van der Waals surface area contributed by atoms with Crippen LogP contribution in [0.1, 0.15) is 24.5 Å². The van der Waals surface area contributed by atoms with Crippen LogP contribution in [0.25, 0.3) is 0 Å². The molecular formula is C31H35Cl2NO8. The molecule has 9 nitrogen and oxygen atoms in total. The predicted molar refractivity (Wildman–Crippen MR) is 160 cm³/mol. The number of nitrogens with zero attached hydrogens (tertiary/aromatic N) is 1. The van der Waals surface area contributed by atoms with E-state index in [1.54, 1.807) is 85.7 Å². The van der Waals surface area contributed by atoms with Gasteiger partial charge in [0.15, 0.2) is 6.10 Å². The summed E-state index contributed by atoms with van der Waals surface area (Å²) in [5.74, 6) is 0.635. The number of rotatable bonds is 17. The normalized spacial score (nSPS) is 11.5. The van der Waals surface area contributed by atoms with Crippen molar-refractivity contribution < 1.29 is 38.4 Å². The molecule has 0 fully saturated rings. The van der Waals surface area contributed by atoms with Crippen LogP contribution in [0.4, 0.5) is 4.79 Å². The van der Waals surface area contributed by atoms with Crippen LogP contribution < -0.4 is 14.2 Å². The van der Waals surface area contributed by atoms with E-state index in [9.17, 15) is 14.7 Å². The van der Waals surface area contributed by atoms with Gasteiger partial charge in [-0.3, -0.25) is 0 Å². The molecule has 3 aromatic carbocycles. The number of ether oxygens (including phenoxy) is 5. The van der Waals surface area contributed by atoms with Gasteiger partial charge < -0.3 is 33.7 Å². The number of carboxylic acids is 1. The van der Waals surface area contributed by atoms with E-state index in [2.05, 4.69) is 0 Å². The smallest absolute Gasteiger partial charge is 0.415 e. The molecule has 0 aliphatic carbocycles. The molecule has 11 heteroatoms. The molecule has 0 aromatic heterocycles. The zero-order chi connectivity index (χ0) is 30.3. The highest BCUT2D eigenvalue weighted by molar-refractivity contribution is 6.34. The zero-order valence-electron chi connectivity index (χ0n) is 23.6. The standard InChI is InChI=1S/C31H35Cl2NO8/c1-3-40-29(30(35)36)19-22-5-7-27(8-6-22)41-16-14-34(31(37)42-28-11-9-26(38-2)10-12-28)13-4-15-39-21-23-17-24(32)20-25(33)18-23/h5-12,17-18,20,29H,3-4,13-16,19,21H2,1-2H3,(H,35,36). The molecule has 1 N–H and O–H groups in total. The fraction of sp³-hybridized carbons (Fsp3) is 0.355. The summed E-state index contributed by atoms with van der Waals surface area (Å²) in [5, 5.41) is 10.4. The third-order valence-electron chi connectivity index (χ3n) is 6.05. The van der Waals surface area contributed by atoms with Crippen molar-refractivity contribution in [3.05, 3.63) is 87.9 Å². The minimum Gasteiger partial charge on any atom is -0.497 e. The highest BCUT2D eigenvalue weighted by atomic mass is 35.5. The van der Waals surface area contributed by atoms with Crippen LogP contribution in [-0.2, 0) is 27.3 Å². The molecular weight excluding hydrogens is 585 g/mol. The summed E-state index contributed by atoms with van der Waals surface area (Å²) < 4.78 is 27.6. The highest BCUT2D eigenvalue weighted by Crippen LogP contribution is 2.20. The van der Waals surface area contributed by atoms with E-state index in [0.717, 1.165) is 11.1 Å². The Hall–Kier alpha value is -3.50. The van der Waals surface area contributed by atoms with Crippen molar-refractivity contribution >= 4 is 35.3 Å². The van der Waals surface area contributed by atoms with Crippen molar-refractivity contribution in [1.82, 2.24) is 4.90 Å². The molecule has 0 heterocycles. The van der Waals surface area contributed by atoms with Crippen LogP contribution in [-0.4, -0.2) is 68.2 Å². The molecule has 1 unspecified atom stereocenters. The van der Waals surface area contributed by atoms with Crippen LogP contribution in [0.2, 0.25) is 10.0 Å². The van der Waals surface area contributed by atoms with E-state index in [0.29, 0.717) is 60.1 Å². The van der Waals surface area contributed by atoms with Crippen LogP contribution in [0.5, 0.6) is 17.2 Å². The summed E-state index contributed by atoms with van der Waals surface area (Å²) >= 11 is 12.1. The summed E-state index contributed by atoms with van der Waals surface area (Å²) in [6.45, 7) is 3.68. The van der Waals surface area contributed by atoms with Gasteiger partial charge in [-0.05, 0) is 79.1 Å². The summed E-state index contributed by atoms with van der Waals surface area (Å²) in [4.78, 5) is 25.9. The second-order valence-electron chi connectivity index (χ2n) is 9.19. The van der Waals surface area contributed by atoms with Gasteiger partial charge in [-0.15, -0.1) is 0 Å². The van der Waals surface area contributed by atoms with Crippen molar-refractivity contribution in [2.24, 2.45) is 0 Å². The maximum Gasteiger partial charge on any atom is 0.415 e. The van der Waals surface area contributed by atoms with E-state index in [-0.39, 0.29) is 19.6 Å². The number of carbonyl (C=O) groups excluding carboxylic acids is 1. The van der Waals surface area contributed by atoms with Crippen molar-refractivity contribution in [3.63, 3.8) is 0 Å². The summed E-state index contributed by atoms with van der Waals surface area (Å²) in [7, 11) is 1.56. The number of hydrogen-bond donors (Lipinski definition) is 1. The van der Waals surface area contributed by atoms with E-state index in [1.807, 2.05) is 0 Å². The lowest BCUT2D eigenvalue weighted by molar-refractivity contribution is -0.149. The first-order valence-electron chi connectivity index (χ1n) is 13.5. The van der Waals surface area contributed by atoms with Gasteiger partial charge in [-0.25, -0.2) is 9.59 Å². The van der Waals surface area contributed by atoms with Gasteiger partial charge in [0.2, 0.25) is 0 Å². The summed E-state index contributed by atoms with van der Waals surface area (Å²) in [6, 6.07) is 19.1. The first-order chi connectivity index (χ1) is 20.3. The number of halogens is 2. The molecule has 0 aliphatic rings. The Morgan fingerprint density at radius 1 is 0.857 bits per heavy atom. The third kappa shape index (κ3) is 11.4. The second kappa shape index (κ2) is 17.5. The molecule has 0 saturated heterocycles. The maximum absolute atomic E-state index is 13.0. The average molecular weight is 621 g/mol. The maximum atomic E-state index is 13.0. The van der Waals surface area contributed by atoms with E-state index in [1.165, 1.54) is 0 Å². The minimum absolute atomic E-state index is 0.218. The lowest BCUT2D eigenvalue weighted by atomic mass is 10.1. The molecule has 226 valence electrons.